The molecule has 0 unspecified atom stereocenters. The maximum atomic E-state index is 13.9. The van der Waals surface area contributed by atoms with Crippen molar-refractivity contribution in [2.75, 3.05) is 23.3 Å². The molecule has 2 aromatic carbocycles. The smallest absolute Gasteiger partial charge is 0.276 e. The number of carbonyl (C=O) groups is 1. The van der Waals surface area contributed by atoms with E-state index in [1.807, 2.05) is 11.0 Å². The summed E-state index contributed by atoms with van der Waals surface area (Å²) in [6.45, 7) is 1.11. The molecule has 8 nitrogen and oxygen atoms in total. The number of nitrogens with one attached hydrogen (secondary N) is 1. The van der Waals surface area contributed by atoms with Crippen LogP contribution >= 0.6 is 0 Å². The highest BCUT2D eigenvalue weighted by molar-refractivity contribution is 6.04. The summed E-state index contributed by atoms with van der Waals surface area (Å²) in [5, 5.41) is 28.4. The zero-order valence-electron chi connectivity index (χ0n) is 17.3. The molecule has 0 bridgehead atoms. The van der Waals surface area contributed by atoms with Gasteiger partial charge < -0.3 is 20.1 Å². The lowest BCUT2D eigenvalue weighted by atomic mass is 10.1. The predicted octanol–water partition coefficient (Wildman–Crippen LogP) is 3.63. The van der Waals surface area contributed by atoms with Crippen LogP contribution < -0.4 is 15.0 Å². The van der Waals surface area contributed by atoms with Gasteiger partial charge in [0.25, 0.3) is 5.91 Å². The number of hydrogen-bond donors (Lipinski definition) is 2. The molecule has 1 amide bonds. The van der Waals surface area contributed by atoms with Crippen molar-refractivity contribution in [3.63, 3.8) is 0 Å². The average Bonchev–Trinajstić information content (AvgIpc) is 2.82. The zero-order chi connectivity index (χ0) is 23.4. The van der Waals surface area contributed by atoms with E-state index in [-0.39, 0.29) is 23.4 Å². The molecule has 0 aliphatic carbocycles. The zero-order valence-corrected chi connectivity index (χ0v) is 17.3. The quantitative estimate of drug-likeness (QED) is 0.609. The van der Waals surface area contributed by atoms with Gasteiger partial charge in [-0.3, -0.25) is 4.79 Å². The first-order valence-electron chi connectivity index (χ1n) is 10.2. The molecular formula is C23H19F2N5O3. The van der Waals surface area contributed by atoms with Gasteiger partial charge in [0, 0.05) is 38.1 Å². The van der Waals surface area contributed by atoms with E-state index < -0.39 is 17.5 Å². The summed E-state index contributed by atoms with van der Waals surface area (Å²) in [7, 11) is 0. The molecule has 33 heavy (non-hydrogen) atoms. The van der Waals surface area contributed by atoms with Gasteiger partial charge in [0.2, 0.25) is 5.88 Å². The van der Waals surface area contributed by atoms with E-state index in [0.717, 1.165) is 12.1 Å². The highest BCUT2D eigenvalue weighted by atomic mass is 19.1. The summed E-state index contributed by atoms with van der Waals surface area (Å²) in [6, 6.07) is 12.8. The number of halogens is 2. The van der Waals surface area contributed by atoms with Crippen molar-refractivity contribution >= 4 is 17.3 Å². The van der Waals surface area contributed by atoms with E-state index >= 15 is 0 Å². The Bertz CT molecular complexity index is 1210. The van der Waals surface area contributed by atoms with Crippen LogP contribution in [0.25, 0.3) is 0 Å². The van der Waals surface area contributed by atoms with Crippen molar-refractivity contribution in [2.24, 2.45) is 0 Å². The van der Waals surface area contributed by atoms with Gasteiger partial charge in [-0.25, -0.2) is 8.78 Å². The maximum absolute atomic E-state index is 13.9. The average molecular weight is 451 g/mol. The minimum absolute atomic E-state index is 0.00884. The van der Waals surface area contributed by atoms with E-state index in [2.05, 4.69) is 15.5 Å². The fourth-order valence-corrected chi connectivity index (χ4v) is 3.58. The number of carbonyl (C=O) groups excluding carboxylic acids is 1. The lowest BCUT2D eigenvalue weighted by Gasteiger charge is -2.34. The Morgan fingerprint density at radius 3 is 2.58 bits per heavy atom. The fraction of sp³-hybridized carbons (Fsp3) is 0.217. The molecule has 1 aromatic heterocycles. The van der Waals surface area contributed by atoms with Crippen molar-refractivity contribution in [3.05, 3.63) is 71.4 Å². The molecule has 1 saturated heterocycles. The van der Waals surface area contributed by atoms with Crippen molar-refractivity contribution in [2.45, 2.75) is 18.9 Å². The Balaban J connectivity index is 1.47. The van der Waals surface area contributed by atoms with Gasteiger partial charge in [-0.2, -0.15) is 5.26 Å². The molecule has 4 rings (SSSR count). The minimum atomic E-state index is -0.744. The largest absolute Gasteiger partial charge is 0.492 e. The third-order valence-electron chi connectivity index (χ3n) is 5.23. The van der Waals surface area contributed by atoms with E-state index in [1.165, 1.54) is 18.2 Å². The molecule has 2 N–H and O–H groups in total. The standard InChI is InChI=1S/C23H19F2N5O3/c24-15-2-5-21(17(25)12-15)33-16-7-9-30(10-8-16)20-4-1-14(13-26)11-19(20)27-23(32)18-3-6-22(31)29-28-18/h1-6,11-12,16H,7-10H2,(H,27,32)(H,29,31). The fourth-order valence-electron chi connectivity index (χ4n) is 3.58. The van der Waals surface area contributed by atoms with Crippen LogP contribution in [0.15, 0.2) is 48.5 Å². The number of aromatic hydroxyl groups is 1. The Kier molecular flexibility index (Phi) is 6.31. The van der Waals surface area contributed by atoms with Crippen LogP contribution in [0.2, 0.25) is 0 Å². The second-order valence-corrected chi connectivity index (χ2v) is 7.45. The monoisotopic (exact) mass is 451 g/mol. The van der Waals surface area contributed by atoms with Gasteiger partial charge in [0.05, 0.1) is 23.0 Å². The highest BCUT2D eigenvalue weighted by Crippen LogP contribution is 2.31. The Hall–Kier alpha value is -4.26. The number of amides is 1. The third-order valence-corrected chi connectivity index (χ3v) is 5.23. The second-order valence-electron chi connectivity index (χ2n) is 7.45. The van der Waals surface area contributed by atoms with Crippen LogP contribution in [0.5, 0.6) is 11.6 Å². The molecule has 2 heterocycles. The lowest BCUT2D eigenvalue weighted by molar-refractivity contribution is 0.102. The van der Waals surface area contributed by atoms with Gasteiger partial charge >= 0.3 is 0 Å². The number of nitrogens with zero attached hydrogens (tertiary/aromatic N) is 4. The summed E-state index contributed by atoms with van der Waals surface area (Å²) in [5.41, 5.74) is 1.52. The predicted molar refractivity (Wildman–Crippen MR) is 115 cm³/mol. The van der Waals surface area contributed by atoms with Crippen LogP contribution in [-0.2, 0) is 0 Å². The van der Waals surface area contributed by atoms with E-state index in [4.69, 9.17) is 4.74 Å². The van der Waals surface area contributed by atoms with Crippen molar-refractivity contribution in [1.82, 2.24) is 10.2 Å². The SMILES string of the molecule is N#Cc1ccc(N2CCC(Oc3ccc(F)cc3F)CC2)c(NC(=O)c2ccc(O)nn2)c1. The van der Waals surface area contributed by atoms with Gasteiger partial charge in [0.1, 0.15) is 11.9 Å². The van der Waals surface area contributed by atoms with Crippen molar-refractivity contribution < 1.29 is 23.4 Å². The summed E-state index contributed by atoms with van der Waals surface area (Å²) >= 11 is 0. The second kappa shape index (κ2) is 9.48. The first-order valence-corrected chi connectivity index (χ1v) is 10.2. The molecule has 1 fully saturated rings. The minimum Gasteiger partial charge on any atom is -0.492 e. The number of rotatable bonds is 5. The number of benzene rings is 2. The Morgan fingerprint density at radius 2 is 1.91 bits per heavy atom. The summed E-state index contributed by atoms with van der Waals surface area (Å²) < 4.78 is 32.7. The molecule has 0 spiro atoms. The van der Waals surface area contributed by atoms with Gasteiger partial charge in [-0.15, -0.1) is 10.2 Å². The summed E-state index contributed by atoms with van der Waals surface area (Å²) in [5.74, 6) is -2.24. The molecule has 10 heteroatoms. The van der Waals surface area contributed by atoms with Crippen molar-refractivity contribution in [1.29, 1.82) is 5.26 Å². The topological polar surface area (TPSA) is 111 Å². The number of aromatic nitrogens is 2. The molecule has 168 valence electrons. The molecule has 0 radical (unpaired) electrons. The normalized spacial score (nSPS) is 13.9. The van der Waals surface area contributed by atoms with Gasteiger partial charge in [-0.05, 0) is 36.4 Å². The van der Waals surface area contributed by atoms with E-state index in [0.29, 0.717) is 42.9 Å². The lowest BCUT2D eigenvalue weighted by Crippen LogP contribution is -2.38. The Labute approximate surface area is 188 Å². The van der Waals surface area contributed by atoms with Gasteiger partial charge in [-0.1, -0.05) is 0 Å². The highest BCUT2D eigenvalue weighted by Gasteiger charge is 2.24. The van der Waals surface area contributed by atoms with Crippen LogP contribution in [0.3, 0.4) is 0 Å². The first-order chi connectivity index (χ1) is 15.9. The maximum Gasteiger partial charge on any atom is 0.276 e. The number of nitriles is 1. The molecular weight excluding hydrogens is 432 g/mol. The molecule has 1 aliphatic rings. The van der Waals surface area contributed by atoms with Crippen molar-refractivity contribution in [3.8, 4) is 17.7 Å². The van der Waals surface area contributed by atoms with Crippen LogP contribution in [0.1, 0.15) is 28.9 Å². The molecule has 0 atom stereocenters. The van der Waals surface area contributed by atoms with Crippen LogP contribution in [0.4, 0.5) is 20.2 Å². The molecule has 0 saturated carbocycles. The molecule has 1 aliphatic heterocycles. The number of piperidine rings is 1. The van der Waals surface area contributed by atoms with Gasteiger partial charge in [0.15, 0.2) is 17.3 Å². The van der Waals surface area contributed by atoms with Crippen LogP contribution in [0, 0.1) is 23.0 Å². The van der Waals surface area contributed by atoms with E-state index in [1.54, 1.807) is 18.2 Å². The summed E-state index contributed by atoms with van der Waals surface area (Å²) in [4.78, 5) is 14.6. The number of ether oxygens (including phenoxy) is 1. The van der Waals surface area contributed by atoms with E-state index in [9.17, 15) is 23.9 Å². The number of hydrogen-bond acceptors (Lipinski definition) is 7. The summed E-state index contributed by atoms with van der Waals surface area (Å²) in [6.07, 6.45) is 0.909. The molecule has 3 aromatic rings. The Morgan fingerprint density at radius 1 is 1.12 bits per heavy atom. The first kappa shape index (κ1) is 22.0. The third kappa shape index (κ3) is 5.15. The number of anilines is 2. The van der Waals surface area contributed by atoms with Crippen LogP contribution in [-0.4, -0.2) is 40.4 Å².